The van der Waals surface area contributed by atoms with E-state index in [0.29, 0.717) is 0 Å². The third-order valence-corrected chi connectivity index (χ3v) is 6.65. The van der Waals surface area contributed by atoms with Crippen molar-refractivity contribution in [3.05, 3.63) is 43.9 Å². The lowest BCUT2D eigenvalue weighted by atomic mass is 10.1. The molecule has 0 bridgehead atoms. The van der Waals surface area contributed by atoms with Crippen molar-refractivity contribution in [3.8, 4) is 0 Å². The molecule has 2 aromatic rings. The number of hydrogen-bond donors (Lipinski definition) is 2. The van der Waals surface area contributed by atoms with Crippen LogP contribution in [0.15, 0.2) is 17.0 Å². The molecule has 0 radical (unpaired) electrons. The first-order valence-electron chi connectivity index (χ1n) is 7.02. The van der Waals surface area contributed by atoms with Crippen LogP contribution in [0, 0.1) is 20.8 Å². The van der Waals surface area contributed by atoms with Gasteiger partial charge < -0.3 is 5.11 Å². The van der Waals surface area contributed by atoms with Gasteiger partial charge in [-0.15, -0.1) is 11.3 Å². The molecular formula is C15H17ClN2O4S2. The van der Waals surface area contributed by atoms with Gasteiger partial charge in [0.15, 0.2) is 0 Å². The minimum Gasteiger partial charge on any atom is -0.478 e. The Bertz CT molecular complexity index is 906. The Kier molecular flexibility index (Phi) is 5.34. The van der Waals surface area contributed by atoms with Gasteiger partial charge in [0.05, 0.1) is 27.2 Å². The fourth-order valence-electron chi connectivity index (χ4n) is 2.45. The minimum absolute atomic E-state index is 0.0517. The van der Waals surface area contributed by atoms with Crippen LogP contribution >= 0.6 is 22.9 Å². The van der Waals surface area contributed by atoms with Crippen molar-refractivity contribution in [3.63, 3.8) is 0 Å². The fraction of sp³-hybridized carbons (Fsp3) is 0.333. The Balaban J connectivity index is 2.44. The van der Waals surface area contributed by atoms with Crippen molar-refractivity contribution >= 4 is 38.9 Å². The fourth-order valence-corrected chi connectivity index (χ4v) is 5.25. The first-order valence-corrected chi connectivity index (χ1v) is 9.70. The topological polar surface area (TPSA) is 96.4 Å². The van der Waals surface area contributed by atoms with Crippen molar-refractivity contribution in [2.45, 2.75) is 38.6 Å². The van der Waals surface area contributed by atoms with Gasteiger partial charge in [0.1, 0.15) is 0 Å². The predicted molar refractivity (Wildman–Crippen MR) is 93.5 cm³/mol. The minimum atomic E-state index is -3.94. The second kappa shape index (κ2) is 6.79. The summed E-state index contributed by atoms with van der Waals surface area (Å²) < 4.78 is 28.0. The monoisotopic (exact) mass is 388 g/mol. The van der Waals surface area contributed by atoms with Crippen LogP contribution in [0.3, 0.4) is 0 Å². The van der Waals surface area contributed by atoms with Gasteiger partial charge in [-0.05, 0) is 45.4 Å². The molecule has 0 amide bonds. The van der Waals surface area contributed by atoms with Crippen LogP contribution in [0.5, 0.6) is 0 Å². The highest BCUT2D eigenvalue weighted by atomic mass is 35.5. The second-order valence-electron chi connectivity index (χ2n) is 5.41. The molecule has 2 rings (SSSR count). The van der Waals surface area contributed by atoms with E-state index in [1.807, 2.05) is 13.8 Å². The molecule has 2 N–H and O–H groups in total. The smallest absolute Gasteiger partial charge is 0.336 e. The van der Waals surface area contributed by atoms with Gasteiger partial charge in [-0.1, -0.05) is 11.6 Å². The van der Waals surface area contributed by atoms with Crippen molar-refractivity contribution in [2.24, 2.45) is 0 Å². The number of benzene rings is 1. The summed E-state index contributed by atoms with van der Waals surface area (Å²) in [5.74, 6) is -1.23. The van der Waals surface area contributed by atoms with Crippen molar-refractivity contribution in [1.82, 2.24) is 9.71 Å². The number of hydrogen-bond acceptors (Lipinski definition) is 5. The van der Waals surface area contributed by atoms with Crippen LogP contribution in [0.25, 0.3) is 0 Å². The number of thiazole rings is 1. The number of nitrogens with one attached hydrogen (secondary N) is 1. The van der Waals surface area contributed by atoms with E-state index in [4.69, 9.17) is 11.6 Å². The van der Waals surface area contributed by atoms with Gasteiger partial charge in [0.25, 0.3) is 0 Å². The van der Waals surface area contributed by atoms with E-state index in [-0.39, 0.29) is 21.0 Å². The van der Waals surface area contributed by atoms with E-state index >= 15 is 0 Å². The molecule has 1 heterocycles. The molecule has 6 nitrogen and oxygen atoms in total. The molecule has 1 aromatic carbocycles. The summed E-state index contributed by atoms with van der Waals surface area (Å²) in [7, 11) is -3.94. The van der Waals surface area contributed by atoms with E-state index < -0.39 is 22.0 Å². The summed E-state index contributed by atoms with van der Waals surface area (Å²) >= 11 is 7.31. The molecule has 0 aliphatic rings. The maximum absolute atomic E-state index is 12.7. The zero-order chi connectivity index (χ0) is 18.2. The van der Waals surface area contributed by atoms with Gasteiger partial charge in [-0.3, -0.25) is 0 Å². The van der Waals surface area contributed by atoms with Crippen LogP contribution in [0.4, 0.5) is 0 Å². The Hall–Kier alpha value is -1.48. The highest BCUT2D eigenvalue weighted by molar-refractivity contribution is 7.89. The van der Waals surface area contributed by atoms with E-state index in [2.05, 4.69) is 9.71 Å². The number of nitrogens with zero attached hydrogens (tertiary/aromatic N) is 1. The van der Waals surface area contributed by atoms with Gasteiger partial charge in [-0.25, -0.2) is 22.9 Å². The maximum atomic E-state index is 12.7. The summed E-state index contributed by atoms with van der Waals surface area (Å²) in [5.41, 5.74) is 0.769. The highest BCUT2D eigenvalue weighted by Crippen LogP contribution is 2.29. The summed E-state index contributed by atoms with van der Waals surface area (Å²) in [6, 6.07) is 1.99. The van der Waals surface area contributed by atoms with Gasteiger partial charge in [-0.2, -0.15) is 0 Å². The summed E-state index contributed by atoms with van der Waals surface area (Å²) in [6.45, 7) is 6.83. The number of aromatic carboxylic acids is 1. The molecule has 0 fully saturated rings. The first kappa shape index (κ1) is 18.9. The SMILES string of the molecule is Cc1nc(C)c([C@H](C)NS(=O)(=O)c2cc(Cl)cc(C(=O)O)c2C)s1. The maximum Gasteiger partial charge on any atom is 0.336 e. The molecule has 1 atom stereocenters. The normalized spacial score (nSPS) is 13.0. The summed E-state index contributed by atoms with van der Waals surface area (Å²) in [4.78, 5) is 16.2. The molecular weight excluding hydrogens is 372 g/mol. The van der Waals surface area contributed by atoms with Crippen LogP contribution in [-0.4, -0.2) is 24.5 Å². The molecule has 0 saturated heterocycles. The molecule has 24 heavy (non-hydrogen) atoms. The number of sulfonamides is 1. The quantitative estimate of drug-likeness (QED) is 0.817. The van der Waals surface area contributed by atoms with Crippen LogP contribution in [-0.2, 0) is 10.0 Å². The largest absolute Gasteiger partial charge is 0.478 e. The van der Waals surface area contributed by atoms with E-state index in [9.17, 15) is 18.3 Å². The Morgan fingerprint density at radius 2 is 1.96 bits per heavy atom. The lowest BCUT2D eigenvalue weighted by Gasteiger charge is -2.16. The van der Waals surface area contributed by atoms with Crippen molar-refractivity contribution in [2.75, 3.05) is 0 Å². The lowest BCUT2D eigenvalue weighted by molar-refractivity contribution is 0.0696. The molecule has 0 aliphatic heterocycles. The number of halogens is 1. The van der Waals surface area contributed by atoms with E-state index in [0.717, 1.165) is 15.6 Å². The number of carboxylic acids is 1. The Labute approximate surface area is 149 Å². The first-order chi connectivity index (χ1) is 11.0. The van der Waals surface area contributed by atoms with E-state index in [1.54, 1.807) is 6.92 Å². The zero-order valence-electron chi connectivity index (χ0n) is 13.5. The number of carboxylic acid groups (broad SMARTS) is 1. The molecule has 9 heteroatoms. The second-order valence-corrected chi connectivity index (χ2v) is 8.76. The van der Waals surface area contributed by atoms with Crippen molar-refractivity contribution < 1.29 is 18.3 Å². The number of aryl methyl sites for hydroxylation is 2. The molecule has 0 saturated carbocycles. The molecule has 0 spiro atoms. The number of carbonyl (C=O) groups is 1. The summed E-state index contributed by atoms with van der Waals surface area (Å²) in [6.07, 6.45) is 0. The van der Waals surface area contributed by atoms with Crippen LogP contribution in [0.2, 0.25) is 5.02 Å². The zero-order valence-corrected chi connectivity index (χ0v) is 15.9. The molecule has 0 unspecified atom stereocenters. The standard InChI is InChI=1S/C15H17ClN2O4S2/c1-7-12(15(19)20)5-11(16)6-13(7)24(21,22)18-9(3)14-8(2)17-10(4)23-14/h5-6,9,18H,1-4H3,(H,19,20)/t9-/m0/s1. The predicted octanol–water partition coefficient (Wildman–Crippen LogP) is 3.46. The third kappa shape index (κ3) is 3.77. The average molecular weight is 389 g/mol. The lowest BCUT2D eigenvalue weighted by Crippen LogP contribution is -2.28. The number of rotatable bonds is 5. The summed E-state index contributed by atoms with van der Waals surface area (Å²) in [5, 5.41) is 10.1. The Morgan fingerprint density at radius 1 is 1.33 bits per heavy atom. The molecule has 0 aliphatic carbocycles. The van der Waals surface area contributed by atoms with E-state index in [1.165, 1.54) is 30.4 Å². The Morgan fingerprint density at radius 3 is 2.46 bits per heavy atom. The van der Waals surface area contributed by atoms with Crippen molar-refractivity contribution in [1.29, 1.82) is 0 Å². The third-order valence-electron chi connectivity index (χ3n) is 3.51. The van der Waals surface area contributed by atoms with Gasteiger partial charge >= 0.3 is 5.97 Å². The van der Waals surface area contributed by atoms with Crippen LogP contribution in [0.1, 0.15) is 44.5 Å². The van der Waals surface area contributed by atoms with Gasteiger partial charge in [0.2, 0.25) is 10.0 Å². The molecule has 130 valence electrons. The van der Waals surface area contributed by atoms with Gasteiger partial charge in [0, 0.05) is 9.90 Å². The molecule has 1 aromatic heterocycles. The highest BCUT2D eigenvalue weighted by Gasteiger charge is 2.25. The number of aromatic nitrogens is 1. The average Bonchev–Trinajstić information content (AvgIpc) is 2.79. The van der Waals surface area contributed by atoms with Crippen LogP contribution < -0.4 is 4.72 Å².